The lowest BCUT2D eigenvalue weighted by molar-refractivity contribution is -0.140. The highest BCUT2D eigenvalue weighted by Crippen LogP contribution is 2.31. The summed E-state index contributed by atoms with van der Waals surface area (Å²) in [5.74, 6) is -0.805. The summed E-state index contributed by atoms with van der Waals surface area (Å²) in [6.45, 7) is 0.446. The molecule has 0 unspecified atom stereocenters. The molecule has 1 aromatic rings. The molecule has 1 saturated carbocycles. The minimum absolute atomic E-state index is 0.00913. The molecule has 1 atom stereocenters. The molecule has 2 amide bonds. The fourth-order valence-electron chi connectivity index (χ4n) is 3.97. The minimum atomic E-state index is -3.94. The third-order valence-corrected chi connectivity index (χ3v) is 7.58. The van der Waals surface area contributed by atoms with E-state index in [1.165, 1.54) is 36.7 Å². The summed E-state index contributed by atoms with van der Waals surface area (Å²) in [6.07, 6.45) is 4.52. The van der Waals surface area contributed by atoms with Crippen LogP contribution >= 0.6 is 0 Å². The number of carbonyl (C=O) groups excluding carboxylic acids is 2. The summed E-state index contributed by atoms with van der Waals surface area (Å²) < 4.78 is 43.7. The average molecular weight is 470 g/mol. The Morgan fingerprint density at radius 1 is 1.06 bits per heavy atom. The van der Waals surface area contributed by atoms with Gasteiger partial charge >= 0.3 is 11.8 Å². The van der Waals surface area contributed by atoms with E-state index in [0.717, 1.165) is 32.1 Å². The van der Waals surface area contributed by atoms with Crippen molar-refractivity contribution in [3.05, 3.63) is 18.2 Å². The predicted molar refractivity (Wildman–Crippen MR) is 116 cm³/mol. The minimum Gasteiger partial charge on any atom is -0.493 e. The number of amides is 2. The van der Waals surface area contributed by atoms with E-state index in [4.69, 9.17) is 14.2 Å². The Kier molecular flexibility index (Phi) is 8.32. The van der Waals surface area contributed by atoms with Crippen molar-refractivity contribution in [3.63, 3.8) is 0 Å². The van der Waals surface area contributed by atoms with Gasteiger partial charge in [-0.05, 0) is 31.4 Å². The first-order valence-corrected chi connectivity index (χ1v) is 12.2. The molecule has 1 aliphatic heterocycles. The van der Waals surface area contributed by atoms with Gasteiger partial charge in [0, 0.05) is 18.7 Å². The Morgan fingerprint density at radius 2 is 1.78 bits per heavy atom. The number of rotatable bonds is 7. The highest BCUT2D eigenvalue weighted by Gasteiger charge is 2.35. The quantitative estimate of drug-likeness (QED) is 0.571. The van der Waals surface area contributed by atoms with E-state index in [2.05, 4.69) is 10.6 Å². The SMILES string of the molecule is COc1ccc(S(=O)(=O)N2CCCO[C@@H]2CNC(=O)C(=O)NC2CCCCC2)cc1OC. The van der Waals surface area contributed by atoms with Crippen LogP contribution in [0.1, 0.15) is 38.5 Å². The van der Waals surface area contributed by atoms with E-state index in [0.29, 0.717) is 18.8 Å². The van der Waals surface area contributed by atoms with E-state index in [-0.39, 0.29) is 29.8 Å². The normalized spacial score (nSPS) is 20.4. The first kappa shape index (κ1) is 24.3. The first-order chi connectivity index (χ1) is 15.4. The molecule has 1 saturated heterocycles. The molecule has 2 aliphatic rings. The van der Waals surface area contributed by atoms with Crippen LogP contribution in [-0.2, 0) is 24.3 Å². The van der Waals surface area contributed by atoms with E-state index < -0.39 is 28.1 Å². The molecular formula is C21H31N3O7S. The van der Waals surface area contributed by atoms with Crippen molar-refractivity contribution in [1.29, 1.82) is 0 Å². The fourth-order valence-corrected chi connectivity index (χ4v) is 5.55. The number of ether oxygens (including phenoxy) is 3. The number of carbonyl (C=O) groups is 2. The summed E-state index contributed by atoms with van der Waals surface area (Å²) >= 11 is 0. The van der Waals surface area contributed by atoms with Gasteiger partial charge in [0.15, 0.2) is 11.5 Å². The van der Waals surface area contributed by atoms with Gasteiger partial charge in [-0.3, -0.25) is 9.59 Å². The fraction of sp³-hybridized carbons (Fsp3) is 0.619. The number of benzene rings is 1. The first-order valence-electron chi connectivity index (χ1n) is 10.8. The molecule has 0 spiro atoms. The number of methoxy groups -OCH3 is 2. The Balaban J connectivity index is 1.66. The number of hydrogen-bond donors (Lipinski definition) is 2. The monoisotopic (exact) mass is 469 g/mol. The number of sulfonamides is 1. The van der Waals surface area contributed by atoms with Gasteiger partial charge in [0.25, 0.3) is 0 Å². The van der Waals surface area contributed by atoms with Gasteiger partial charge in [-0.15, -0.1) is 0 Å². The van der Waals surface area contributed by atoms with Gasteiger partial charge in [-0.2, -0.15) is 4.31 Å². The lowest BCUT2D eigenvalue weighted by Gasteiger charge is -2.34. The highest BCUT2D eigenvalue weighted by atomic mass is 32.2. The van der Waals surface area contributed by atoms with Crippen molar-refractivity contribution in [2.75, 3.05) is 33.9 Å². The van der Waals surface area contributed by atoms with Crippen molar-refractivity contribution in [2.45, 2.75) is 55.7 Å². The van der Waals surface area contributed by atoms with Crippen LogP contribution in [0.4, 0.5) is 0 Å². The largest absolute Gasteiger partial charge is 0.493 e. The number of nitrogens with zero attached hydrogens (tertiary/aromatic N) is 1. The molecule has 2 N–H and O–H groups in total. The molecule has 0 bridgehead atoms. The smallest absolute Gasteiger partial charge is 0.309 e. The summed E-state index contributed by atoms with van der Waals surface area (Å²) in [5.41, 5.74) is 0. The van der Waals surface area contributed by atoms with Crippen molar-refractivity contribution >= 4 is 21.8 Å². The third kappa shape index (κ3) is 5.70. The zero-order chi connectivity index (χ0) is 23.1. The molecule has 1 aromatic carbocycles. The maximum atomic E-state index is 13.3. The highest BCUT2D eigenvalue weighted by molar-refractivity contribution is 7.89. The lowest BCUT2D eigenvalue weighted by atomic mass is 9.95. The standard InChI is InChI=1S/C21H31N3O7S/c1-29-17-10-9-16(13-18(17)30-2)32(27,28)24-11-6-12-31-19(24)14-22-20(25)21(26)23-15-7-4-3-5-8-15/h9-10,13,15,19H,3-8,11-12,14H2,1-2H3,(H,22,25)(H,23,26)/t19-/m1/s1. The molecule has 178 valence electrons. The van der Waals surface area contributed by atoms with Crippen LogP contribution in [-0.4, -0.2) is 70.7 Å². The van der Waals surface area contributed by atoms with Crippen LogP contribution in [0.25, 0.3) is 0 Å². The third-order valence-electron chi connectivity index (χ3n) is 5.70. The molecule has 0 radical (unpaired) electrons. The second-order valence-corrected chi connectivity index (χ2v) is 9.72. The van der Waals surface area contributed by atoms with Crippen LogP contribution in [0.15, 0.2) is 23.1 Å². The van der Waals surface area contributed by atoms with Crippen LogP contribution < -0.4 is 20.1 Å². The van der Waals surface area contributed by atoms with E-state index in [9.17, 15) is 18.0 Å². The van der Waals surface area contributed by atoms with Gasteiger partial charge in [-0.25, -0.2) is 8.42 Å². The Bertz CT molecular complexity index is 916. The molecule has 0 aromatic heterocycles. The lowest BCUT2D eigenvalue weighted by Crippen LogP contribution is -2.53. The Hall–Kier alpha value is -2.37. The van der Waals surface area contributed by atoms with E-state index >= 15 is 0 Å². The molecule has 32 heavy (non-hydrogen) atoms. The Labute approximate surface area is 188 Å². The van der Waals surface area contributed by atoms with Crippen LogP contribution in [0, 0.1) is 0 Å². The summed E-state index contributed by atoms with van der Waals surface area (Å²) in [7, 11) is -1.05. The van der Waals surface area contributed by atoms with Gasteiger partial charge < -0.3 is 24.8 Å². The topological polar surface area (TPSA) is 123 Å². The summed E-state index contributed by atoms with van der Waals surface area (Å²) in [6, 6.07) is 4.34. The van der Waals surface area contributed by atoms with Gasteiger partial charge in [0.2, 0.25) is 10.0 Å². The second kappa shape index (κ2) is 11.0. The molecule has 3 rings (SSSR count). The molecule has 10 nitrogen and oxygen atoms in total. The maximum absolute atomic E-state index is 13.3. The van der Waals surface area contributed by atoms with E-state index in [1.54, 1.807) is 0 Å². The Morgan fingerprint density at radius 3 is 2.47 bits per heavy atom. The van der Waals surface area contributed by atoms with Crippen LogP contribution in [0.3, 0.4) is 0 Å². The van der Waals surface area contributed by atoms with E-state index in [1.807, 2.05) is 0 Å². The van der Waals surface area contributed by atoms with Crippen molar-refractivity contribution in [2.24, 2.45) is 0 Å². The predicted octanol–water partition coefficient (Wildman–Crippen LogP) is 1.01. The molecule has 11 heteroatoms. The van der Waals surface area contributed by atoms with Gasteiger partial charge in [0.1, 0.15) is 6.23 Å². The van der Waals surface area contributed by atoms with Crippen molar-refractivity contribution in [1.82, 2.24) is 14.9 Å². The molecule has 1 aliphatic carbocycles. The molecule has 1 heterocycles. The zero-order valence-electron chi connectivity index (χ0n) is 18.5. The number of hydrogen-bond acceptors (Lipinski definition) is 7. The number of nitrogens with one attached hydrogen (secondary N) is 2. The molecule has 2 fully saturated rings. The van der Waals surface area contributed by atoms with Crippen LogP contribution in [0.2, 0.25) is 0 Å². The average Bonchev–Trinajstić information content (AvgIpc) is 2.82. The second-order valence-electron chi connectivity index (χ2n) is 7.83. The maximum Gasteiger partial charge on any atom is 0.309 e. The van der Waals surface area contributed by atoms with Gasteiger partial charge in [-0.1, -0.05) is 19.3 Å². The summed E-state index contributed by atoms with van der Waals surface area (Å²) in [5, 5.41) is 5.26. The van der Waals surface area contributed by atoms with Gasteiger partial charge in [0.05, 0.1) is 32.3 Å². The molecular weight excluding hydrogens is 438 g/mol. The van der Waals surface area contributed by atoms with Crippen LogP contribution in [0.5, 0.6) is 11.5 Å². The summed E-state index contributed by atoms with van der Waals surface area (Å²) in [4.78, 5) is 24.5. The van der Waals surface area contributed by atoms with Crippen molar-refractivity contribution < 1.29 is 32.2 Å². The van der Waals surface area contributed by atoms with Crippen molar-refractivity contribution in [3.8, 4) is 11.5 Å². The zero-order valence-corrected chi connectivity index (χ0v) is 19.3.